The number of hydrogen-bond acceptors (Lipinski definition) is 5. The average molecular weight is 263 g/mol. The van der Waals surface area contributed by atoms with Gasteiger partial charge in [0.15, 0.2) is 5.75 Å². The molecule has 1 N–H and O–H groups in total. The zero-order valence-electron chi connectivity index (χ0n) is 8.75. The summed E-state index contributed by atoms with van der Waals surface area (Å²) in [7, 11) is 1.53. The molecular formula is C10H12O5V. The number of ether oxygens (including phenoxy) is 2. The van der Waals surface area contributed by atoms with Crippen LogP contribution in [0.5, 0.6) is 5.75 Å². The van der Waals surface area contributed by atoms with Crippen molar-refractivity contribution in [2.24, 2.45) is 0 Å². The van der Waals surface area contributed by atoms with Gasteiger partial charge in [0.1, 0.15) is 6.61 Å². The topological polar surface area (TPSA) is 65.0 Å². The van der Waals surface area contributed by atoms with Gasteiger partial charge in [0.05, 0.1) is 12.2 Å². The van der Waals surface area contributed by atoms with Crippen molar-refractivity contribution < 1.29 is 43.0 Å². The van der Waals surface area contributed by atoms with Gasteiger partial charge in [0.25, 0.3) is 0 Å². The van der Waals surface area contributed by atoms with Crippen LogP contribution in [0.3, 0.4) is 0 Å². The molecule has 0 saturated carbocycles. The van der Waals surface area contributed by atoms with Crippen LogP contribution in [0.15, 0.2) is 24.3 Å². The van der Waals surface area contributed by atoms with Gasteiger partial charge in [-0.1, -0.05) is 0 Å². The summed E-state index contributed by atoms with van der Waals surface area (Å²) in [5, 5.41) is 8.31. The van der Waals surface area contributed by atoms with Crippen LogP contribution in [0.4, 0.5) is 0 Å². The fraction of sp³-hybridized carbons (Fsp3) is 0.300. The van der Waals surface area contributed by atoms with Crippen LogP contribution < -0.4 is 4.89 Å². The minimum atomic E-state index is -0.434. The van der Waals surface area contributed by atoms with Crippen molar-refractivity contribution in [1.82, 2.24) is 0 Å². The van der Waals surface area contributed by atoms with Gasteiger partial charge in [0, 0.05) is 25.7 Å². The van der Waals surface area contributed by atoms with E-state index >= 15 is 0 Å². The molecule has 0 unspecified atom stereocenters. The van der Waals surface area contributed by atoms with Gasteiger partial charge in [0.2, 0.25) is 0 Å². The normalized spacial score (nSPS) is 9.12. The van der Waals surface area contributed by atoms with Crippen molar-refractivity contribution in [2.45, 2.75) is 0 Å². The monoisotopic (exact) mass is 263 g/mol. The van der Waals surface area contributed by atoms with Crippen LogP contribution in [0.2, 0.25) is 0 Å². The molecule has 0 fully saturated rings. The first-order valence-corrected chi connectivity index (χ1v) is 4.35. The predicted octanol–water partition coefficient (Wildman–Crippen LogP) is 1.34. The Morgan fingerprint density at radius 2 is 1.88 bits per heavy atom. The van der Waals surface area contributed by atoms with E-state index in [-0.39, 0.29) is 30.9 Å². The number of esters is 1. The zero-order chi connectivity index (χ0) is 11.1. The third-order valence-electron chi connectivity index (χ3n) is 1.72. The summed E-state index contributed by atoms with van der Waals surface area (Å²) in [6.45, 7) is 0.581. The van der Waals surface area contributed by atoms with Crippen LogP contribution in [-0.4, -0.2) is 31.6 Å². The van der Waals surface area contributed by atoms with E-state index in [2.05, 4.69) is 4.89 Å². The molecule has 0 amide bonds. The van der Waals surface area contributed by atoms with Gasteiger partial charge >= 0.3 is 5.97 Å². The number of methoxy groups -OCH3 is 1. The second-order valence-electron chi connectivity index (χ2n) is 2.74. The maximum absolute atomic E-state index is 11.3. The number of rotatable bonds is 5. The molecule has 16 heavy (non-hydrogen) atoms. The van der Waals surface area contributed by atoms with Gasteiger partial charge in [-0.05, 0) is 24.3 Å². The van der Waals surface area contributed by atoms with E-state index in [1.807, 2.05) is 0 Å². The van der Waals surface area contributed by atoms with E-state index in [9.17, 15) is 4.79 Å². The Morgan fingerprint density at radius 1 is 1.25 bits per heavy atom. The third kappa shape index (κ3) is 4.68. The average Bonchev–Trinajstić information content (AvgIpc) is 2.29. The van der Waals surface area contributed by atoms with Crippen molar-refractivity contribution in [3.8, 4) is 5.75 Å². The fourth-order valence-corrected chi connectivity index (χ4v) is 0.953. The van der Waals surface area contributed by atoms with Crippen LogP contribution in [0.1, 0.15) is 10.4 Å². The molecule has 1 aromatic rings. The van der Waals surface area contributed by atoms with E-state index in [4.69, 9.17) is 14.7 Å². The van der Waals surface area contributed by atoms with Crippen molar-refractivity contribution in [2.75, 3.05) is 20.3 Å². The standard InChI is InChI=1S/C10H12O5.V/c1-13-6-7-14-10(11)8-2-4-9(15-12)5-3-8;/h2-5,12H,6-7H2,1H3;. The molecule has 0 atom stereocenters. The maximum Gasteiger partial charge on any atom is 0.338 e. The molecule has 0 saturated heterocycles. The second kappa shape index (κ2) is 8.18. The summed E-state index contributed by atoms with van der Waals surface area (Å²) >= 11 is 0. The summed E-state index contributed by atoms with van der Waals surface area (Å²) in [6.07, 6.45) is 0. The van der Waals surface area contributed by atoms with Gasteiger partial charge in [-0.15, -0.1) is 0 Å². The Bertz CT molecular complexity index is 311. The molecule has 0 aromatic heterocycles. The molecule has 5 nitrogen and oxygen atoms in total. The van der Waals surface area contributed by atoms with E-state index in [0.717, 1.165) is 0 Å². The Kier molecular flexibility index (Phi) is 7.67. The van der Waals surface area contributed by atoms with Crippen molar-refractivity contribution in [3.63, 3.8) is 0 Å². The first-order chi connectivity index (χ1) is 7.27. The van der Waals surface area contributed by atoms with E-state index < -0.39 is 5.97 Å². The molecule has 0 bridgehead atoms. The summed E-state index contributed by atoms with van der Waals surface area (Å²) in [6, 6.07) is 5.93. The second-order valence-corrected chi connectivity index (χ2v) is 2.74. The molecule has 0 spiro atoms. The summed E-state index contributed by atoms with van der Waals surface area (Å²) < 4.78 is 9.61. The Labute approximate surface area is 105 Å². The zero-order valence-corrected chi connectivity index (χ0v) is 10.1. The van der Waals surface area contributed by atoms with Gasteiger partial charge in [-0.3, -0.25) is 0 Å². The summed E-state index contributed by atoms with van der Waals surface area (Å²) in [5.74, 6) is -0.167. The molecule has 0 aliphatic rings. The number of benzene rings is 1. The molecule has 1 rings (SSSR count). The smallest absolute Gasteiger partial charge is 0.338 e. The molecule has 6 heteroatoms. The maximum atomic E-state index is 11.3. The SMILES string of the molecule is COCCOC(=O)c1ccc(OO)cc1.[V]. The Morgan fingerprint density at radius 3 is 2.38 bits per heavy atom. The quantitative estimate of drug-likeness (QED) is 0.376. The van der Waals surface area contributed by atoms with E-state index in [0.29, 0.717) is 12.2 Å². The first-order valence-electron chi connectivity index (χ1n) is 4.35. The van der Waals surface area contributed by atoms with Crippen LogP contribution in [-0.2, 0) is 28.0 Å². The van der Waals surface area contributed by atoms with Crippen LogP contribution in [0, 0.1) is 0 Å². The first kappa shape index (κ1) is 15.0. The van der Waals surface area contributed by atoms with Crippen molar-refractivity contribution in [1.29, 1.82) is 0 Å². The minimum absolute atomic E-state index is 0. The minimum Gasteiger partial charge on any atom is -0.460 e. The third-order valence-corrected chi connectivity index (χ3v) is 1.72. The summed E-state index contributed by atoms with van der Waals surface area (Å²) in [5.41, 5.74) is 0.395. The number of carbonyl (C=O) groups excluding carboxylic acids is 1. The van der Waals surface area contributed by atoms with E-state index in [1.54, 1.807) is 0 Å². The molecule has 87 valence electrons. The summed E-state index contributed by atoms with van der Waals surface area (Å²) in [4.78, 5) is 15.3. The largest absolute Gasteiger partial charge is 0.460 e. The van der Waals surface area contributed by atoms with Crippen molar-refractivity contribution >= 4 is 5.97 Å². The Hall–Kier alpha value is -1.01. The molecule has 0 heterocycles. The fourth-order valence-electron chi connectivity index (χ4n) is 0.953. The van der Waals surface area contributed by atoms with Crippen molar-refractivity contribution in [3.05, 3.63) is 29.8 Å². The number of hydrogen-bond donors (Lipinski definition) is 1. The van der Waals surface area contributed by atoms with Gasteiger partial charge in [-0.25, -0.2) is 10.1 Å². The van der Waals surface area contributed by atoms with Crippen LogP contribution in [0.25, 0.3) is 0 Å². The van der Waals surface area contributed by atoms with Gasteiger partial charge in [-0.2, -0.15) is 0 Å². The van der Waals surface area contributed by atoms with Crippen LogP contribution >= 0.6 is 0 Å². The molecule has 0 aliphatic carbocycles. The molecule has 1 radical (unpaired) electrons. The van der Waals surface area contributed by atoms with E-state index in [1.165, 1.54) is 31.4 Å². The molecule has 0 aliphatic heterocycles. The molecule has 1 aromatic carbocycles. The van der Waals surface area contributed by atoms with Gasteiger partial charge < -0.3 is 14.4 Å². The Balaban J connectivity index is 0.00000225. The number of carbonyl (C=O) groups is 1. The predicted molar refractivity (Wildman–Crippen MR) is 51.9 cm³/mol. The molecular weight excluding hydrogens is 251 g/mol.